The van der Waals surface area contributed by atoms with Crippen LogP contribution in [0.4, 0.5) is 5.69 Å². The molecule has 0 spiro atoms. The highest BCUT2D eigenvalue weighted by molar-refractivity contribution is 6.10. The van der Waals surface area contributed by atoms with Crippen LogP contribution in [-0.2, 0) is 34.8 Å². The smallest absolute Gasteiger partial charge is 0.259 e. The summed E-state index contributed by atoms with van der Waals surface area (Å²) in [5, 5.41) is 24.2. The van der Waals surface area contributed by atoms with Gasteiger partial charge >= 0.3 is 0 Å². The molecule has 2 saturated heterocycles. The van der Waals surface area contributed by atoms with E-state index < -0.39 is 17.6 Å². The number of phenolic OH excluding ortho intramolecular Hbond substituents is 1. The number of carbonyl (C=O) groups excluding carboxylic acids is 4. The predicted molar refractivity (Wildman–Crippen MR) is 156 cm³/mol. The Balaban J connectivity index is 1.00. The Morgan fingerprint density at radius 2 is 1.65 bits per heavy atom. The molecule has 4 heterocycles. The first-order valence-corrected chi connectivity index (χ1v) is 14.6. The molecule has 1 unspecified atom stereocenters. The molecule has 2 fully saturated rings. The van der Waals surface area contributed by atoms with Gasteiger partial charge in [-0.25, -0.2) is 0 Å². The molecule has 4 aliphatic heterocycles. The van der Waals surface area contributed by atoms with Gasteiger partial charge in [0.15, 0.2) is 0 Å². The molecule has 0 radical (unpaired) electrons. The highest BCUT2D eigenvalue weighted by atomic mass is 16.3. The topological polar surface area (TPSA) is 130 Å². The number of aliphatic hydroxyl groups is 1. The molecule has 0 saturated carbocycles. The summed E-state index contributed by atoms with van der Waals surface area (Å²) >= 11 is 0. The van der Waals surface area contributed by atoms with Crippen molar-refractivity contribution in [3.8, 4) is 5.75 Å². The Morgan fingerprint density at radius 1 is 0.860 bits per heavy atom. The molecule has 0 aromatic heterocycles. The van der Waals surface area contributed by atoms with Crippen molar-refractivity contribution < 1.29 is 29.4 Å². The van der Waals surface area contributed by atoms with Gasteiger partial charge in [0.25, 0.3) is 11.8 Å². The molecular weight excluding hydrogens is 548 g/mol. The van der Waals surface area contributed by atoms with Crippen molar-refractivity contribution in [3.05, 3.63) is 94.0 Å². The maximum Gasteiger partial charge on any atom is 0.259 e. The van der Waals surface area contributed by atoms with Gasteiger partial charge in [-0.1, -0.05) is 36.4 Å². The number of hydrogen-bond donors (Lipinski definition) is 3. The molecular formula is C33H32N4O6. The van der Waals surface area contributed by atoms with E-state index in [9.17, 15) is 29.4 Å². The zero-order valence-electron chi connectivity index (χ0n) is 23.6. The van der Waals surface area contributed by atoms with Crippen LogP contribution in [0.3, 0.4) is 0 Å². The maximum atomic E-state index is 13.2. The van der Waals surface area contributed by atoms with Crippen LogP contribution in [0, 0.1) is 0 Å². The predicted octanol–water partition coefficient (Wildman–Crippen LogP) is 2.80. The second kappa shape index (κ2) is 10.3. The largest absolute Gasteiger partial charge is 0.506 e. The number of carbonyl (C=O) groups is 4. The lowest BCUT2D eigenvalue weighted by atomic mass is 9.83. The molecule has 1 atom stereocenters. The molecule has 3 aromatic carbocycles. The summed E-state index contributed by atoms with van der Waals surface area (Å²) < 4.78 is 0. The number of nitrogens with one attached hydrogen (secondary N) is 1. The van der Waals surface area contributed by atoms with Crippen molar-refractivity contribution in [3.63, 3.8) is 0 Å². The molecule has 4 amide bonds. The zero-order valence-corrected chi connectivity index (χ0v) is 23.6. The third kappa shape index (κ3) is 4.76. The van der Waals surface area contributed by atoms with E-state index >= 15 is 0 Å². The third-order valence-corrected chi connectivity index (χ3v) is 9.30. The van der Waals surface area contributed by atoms with E-state index in [4.69, 9.17) is 0 Å². The lowest BCUT2D eigenvalue weighted by Gasteiger charge is -2.38. The Bertz CT molecular complexity index is 1680. The number of aromatic hydroxyl groups is 1. The molecule has 10 nitrogen and oxygen atoms in total. The number of para-hydroxylation sites is 2. The van der Waals surface area contributed by atoms with Gasteiger partial charge in [-0.15, -0.1) is 0 Å². The van der Waals surface area contributed by atoms with Gasteiger partial charge in [0.2, 0.25) is 11.8 Å². The summed E-state index contributed by atoms with van der Waals surface area (Å²) in [6.07, 6.45) is 1.55. The summed E-state index contributed by atoms with van der Waals surface area (Å²) in [6.45, 7) is 2.65. The number of phenols is 1. The van der Waals surface area contributed by atoms with Crippen LogP contribution in [-0.4, -0.2) is 62.8 Å². The number of amides is 4. The average Bonchev–Trinajstić information content (AvgIpc) is 3.50. The number of piperidine rings is 2. The van der Waals surface area contributed by atoms with Gasteiger partial charge < -0.3 is 20.0 Å². The quantitative estimate of drug-likeness (QED) is 0.396. The summed E-state index contributed by atoms with van der Waals surface area (Å²) in [4.78, 5) is 55.6. The van der Waals surface area contributed by atoms with Crippen LogP contribution in [0.2, 0.25) is 0 Å². The minimum absolute atomic E-state index is 0.0753. The van der Waals surface area contributed by atoms with Crippen molar-refractivity contribution in [2.45, 2.75) is 57.0 Å². The summed E-state index contributed by atoms with van der Waals surface area (Å²) in [6, 6.07) is 17.6. The van der Waals surface area contributed by atoms with Gasteiger partial charge in [0.05, 0.1) is 17.8 Å². The van der Waals surface area contributed by atoms with E-state index in [-0.39, 0.29) is 36.4 Å². The van der Waals surface area contributed by atoms with Crippen molar-refractivity contribution >= 4 is 29.3 Å². The van der Waals surface area contributed by atoms with Crippen molar-refractivity contribution in [2.24, 2.45) is 0 Å². The van der Waals surface area contributed by atoms with Crippen LogP contribution in [0.25, 0.3) is 0 Å². The molecule has 3 aromatic rings. The Labute approximate surface area is 248 Å². The summed E-state index contributed by atoms with van der Waals surface area (Å²) in [5.41, 5.74) is 4.12. The fourth-order valence-electron chi connectivity index (χ4n) is 6.83. The van der Waals surface area contributed by atoms with Crippen molar-refractivity contribution in [1.29, 1.82) is 0 Å². The number of fused-ring (bicyclic) bond motifs is 2. The summed E-state index contributed by atoms with van der Waals surface area (Å²) in [5.74, 6) is -1.04. The number of rotatable bonds is 5. The Hall–Kier alpha value is -4.54. The first kappa shape index (κ1) is 27.3. The molecule has 220 valence electrons. The molecule has 3 N–H and O–H groups in total. The number of nitrogens with zero attached hydrogens (tertiary/aromatic N) is 3. The van der Waals surface area contributed by atoms with E-state index in [1.807, 2.05) is 30.3 Å². The normalized spacial score (nSPS) is 21.7. The zero-order chi connectivity index (χ0) is 29.9. The Morgan fingerprint density at radius 3 is 2.42 bits per heavy atom. The second-order valence-corrected chi connectivity index (χ2v) is 12.0. The van der Waals surface area contributed by atoms with Crippen LogP contribution >= 0.6 is 0 Å². The fourth-order valence-corrected chi connectivity index (χ4v) is 6.83. The standard InChI is InChI=1S/C33H32N4O6/c38-28-4-2-1-3-26(28)36-18-21-6-5-20(15-25(21)32(36)42)17-35-13-11-33(43,12-14-35)23-7-8-24-22(16-23)19-37(31(24)41)27-9-10-29(39)34-30(27)40/h1-8,15-16,27,38,43H,9-14,17-19H2,(H,34,39,40). The van der Waals surface area contributed by atoms with Crippen LogP contribution in [0.5, 0.6) is 5.75 Å². The Kier molecular flexibility index (Phi) is 6.55. The fraction of sp³-hybridized carbons (Fsp3) is 0.333. The van der Waals surface area contributed by atoms with Gasteiger partial charge in [-0.2, -0.15) is 0 Å². The van der Waals surface area contributed by atoms with Gasteiger partial charge in [0, 0.05) is 43.7 Å². The monoisotopic (exact) mass is 580 g/mol. The number of imide groups is 1. The molecule has 7 rings (SSSR count). The first-order chi connectivity index (χ1) is 20.7. The van der Waals surface area contributed by atoms with Crippen molar-refractivity contribution in [1.82, 2.24) is 15.1 Å². The lowest BCUT2D eigenvalue weighted by molar-refractivity contribution is -0.136. The van der Waals surface area contributed by atoms with Gasteiger partial charge in [-0.3, -0.25) is 29.4 Å². The lowest BCUT2D eigenvalue weighted by Crippen LogP contribution is -2.52. The van der Waals surface area contributed by atoms with E-state index in [0.29, 0.717) is 62.3 Å². The molecule has 0 aliphatic carbocycles. The highest BCUT2D eigenvalue weighted by Crippen LogP contribution is 2.38. The number of hydrogen-bond acceptors (Lipinski definition) is 7. The molecule has 4 aliphatic rings. The minimum atomic E-state index is -1.04. The average molecular weight is 581 g/mol. The van der Waals surface area contributed by atoms with E-state index in [1.54, 1.807) is 35.2 Å². The number of benzene rings is 3. The first-order valence-electron chi connectivity index (χ1n) is 14.6. The molecule has 10 heteroatoms. The second-order valence-electron chi connectivity index (χ2n) is 12.0. The number of anilines is 1. The van der Waals surface area contributed by atoms with Gasteiger partial charge in [-0.05, 0) is 65.8 Å². The SMILES string of the molecule is O=C1CCC(N2Cc3cc(C4(O)CCN(Cc5ccc6c(c5)C(=O)N(c5ccccc5O)C6)CC4)ccc3C2=O)C(=O)N1. The van der Waals surface area contributed by atoms with E-state index in [1.165, 1.54) is 4.90 Å². The van der Waals surface area contributed by atoms with Crippen LogP contribution in [0.15, 0.2) is 60.7 Å². The van der Waals surface area contributed by atoms with Crippen LogP contribution in [0.1, 0.15) is 68.7 Å². The summed E-state index contributed by atoms with van der Waals surface area (Å²) in [7, 11) is 0. The minimum Gasteiger partial charge on any atom is -0.506 e. The highest BCUT2D eigenvalue weighted by Gasteiger charge is 2.41. The van der Waals surface area contributed by atoms with Gasteiger partial charge in [0.1, 0.15) is 11.8 Å². The van der Waals surface area contributed by atoms with E-state index in [2.05, 4.69) is 10.2 Å². The van der Waals surface area contributed by atoms with E-state index in [0.717, 1.165) is 22.3 Å². The molecule has 0 bridgehead atoms. The molecule has 43 heavy (non-hydrogen) atoms. The maximum absolute atomic E-state index is 13.2. The van der Waals surface area contributed by atoms with Crippen LogP contribution < -0.4 is 10.2 Å². The number of likely N-dealkylation sites (tertiary alicyclic amines) is 1. The van der Waals surface area contributed by atoms with Crippen molar-refractivity contribution in [2.75, 3.05) is 18.0 Å². The third-order valence-electron chi connectivity index (χ3n) is 9.30.